The predicted octanol–water partition coefficient (Wildman–Crippen LogP) is 2.81. The molecule has 0 aromatic rings. The van der Waals surface area contributed by atoms with Gasteiger partial charge in [0.15, 0.2) is 0 Å². The van der Waals surface area contributed by atoms with Crippen LogP contribution in [0.1, 0.15) is 48.0 Å². The number of carbonyl (C=O) groups excluding carboxylic acids is 1. The largest absolute Gasteiger partial charge is 0.481 e. The lowest BCUT2D eigenvalue weighted by atomic mass is 9.84. The molecule has 0 fully saturated rings. The lowest BCUT2D eigenvalue weighted by Gasteiger charge is -2.29. The van der Waals surface area contributed by atoms with Crippen molar-refractivity contribution in [1.29, 1.82) is 0 Å². The Balaban J connectivity index is 4.49. The fourth-order valence-electron chi connectivity index (χ4n) is 1.95. The third-order valence-electron chi connectivity index (χ3n) is 3.60. The molecule has 0 aliphatic heterocycles. The van der Waals surface area contributed by atoms with Crippen molar-refractivity contribution in [3.8, 4) is 0 Å². The second kappa shape index (κ2) is 7.50. The number of nitrogens with zero attached hydrogens (tertiary/aromatic N) is 1. The standard InChI is InChI=1S/C15H30N2O3/c1-10(2)11(3)17(7)14(20)16-9-12(13(18)19)8-15(4,5)6/h10-12H,8-9H2,1-7H3,(H,16,20)(H,18,19). The molecule has 0 aliphatic rings. The molecular formula is C15H30N2O3. The minimum absolute atomic E-state index is 0.0785. The first-order valence-electron chi connectivity index (χ1n) is 7.19. The molecule has 0 bridgehead atoms. The van der Waals surface area contributed by atoms with E-state index in [2.05, 4.69) is 5.32 Å². The van der Waals surface area contributed by atoms with Crippen molar-refractivity contribution >= 4 is 12.0 Å². The van der Waals surface area contributed by atoms with Crippen LogP contribution < -0.4 is 5.32 Å². The Labute approximate surface area is 122 Å². The molecule has 0 heterocycles. The molecule has 2 amide bonds. The van der Waals surface area contributed by atoms with E-state index >= 15 is 0 Å². The smallest absolute Gasteiger partial charge is 0.317 e. The lowest BCUT2D eigenvalue weighted by Crippen LogP contribution is -2.46. The van der Waals surface area contributed by atoms with E-state index in [4.69, 9.17) is 0 Å². The number of carboxylic acids is 1. The Morgan fingerprint density at radius 1 is 1.20 bits per heavy atom. The number of carboxylic acid groups (broad SMARTS) is 1. The second-order valence-electron chi connectivity index (χ2n) is 7.08. The van der Waals surface area contributed by atoms with E-state index in [1.54, 1.807) is 11.9 Å². The Hall–Kier alpha value is -1.26. The number of aliphatic carboxylic acids is 1. The van der Waals surface area contributed by atoms with Crippen LogP contribution >= 0.6 is 0 Å². The van der Waals surface area contributed by atoms with Crippen molar-refractivity contribution in [3.05, 3.63) is 0 Å². The number of hydrogen-bond acceptors (Lipinski definition) is 2. The first-order valence-corrected chi connectivity index (χ1v) is 7.19. The van der Waals surface area contributed by atoms with Crippen LogP contribution in [0.2, 0.25) is 0 Å². The topological polar surface area (TPSA) is 69.6 Å². The monoisotopic (exact) mass is 286 g/mol. The summed E-state index contributed by atoms with van der Waals surface area (Å²) < 4.78 is 0. The van der Waals surface area contributed by atoms with Crippen molar-refractivity contribution in [2.75, 3.05) is 13.6 Å². The average molecular weight is 286 g/mol. The molecular weight excluding hydrogens is 256 g/mol. The Bertz CT molecular complexity index is 335. The van der Waals surface area contributed by atoms with Crippen molar-refractivity contribution < 1.29 is 14.7 Å². The molecule has 5 nitrogen and oxygen atoms in total. The summed E-state index contributed by atoms with van der Waals surface area (Å²) in [5, 5.41) is 11.9. The van der Waals surface area contributed by atoms with Crippen LogP contribution in [0.3, 0.4) is 0 Å². The van der Waals surface area contributed by atoms with E-state index in [1.807, 2.05) is 41.5 Å². The van der Waals surface area contributed by atoms with Gasteiger partial charge >= 0.3 is 12.0 Å². The van der Waals surface area contributed by atoms with Gasteiger partial charge in [0.1, 0.15) is 0 Å². The zero-order chi connectivity index (χ0) is 16.1. The van der Waals surface area contributed by atoms with Gasteiger partial charge < -0.3 is 15.3 Å². The number of rotatable bonds is 6. The van der Waals surface area contributed by atoms with Gasteiger partial charge in [-0.2, -0.15) is 0 Å². The second-order valence-corrected chi connectivity index (χ2v) is 7.08. The van der Waals surface area contributed by atoms with Crippen LogP contribution in [0.5, 0.6) is 0 Å². The summed E-state index contributed by atoms with van der Waals surface area (Å²) in [6, 6.07) is -0.104. The Morgan fingerprint density at radius 2 is 1.70 bits per heavy atom. The minimum Gasteiger partial charge on any atom is -0.481 e. The molecule has 0 spiro atoms. The molecule has 0 aromatic carbocycles. The summed E-state index contributed by atoms with van der Waals surface area (Å²) in [6.07, 6.45) is 0.534. The van der Waals surface area contributed by atoms with Gasteiger partial charge in [0, 0.05) is 19.6 Å². The summed E-state index contributed by atoms with van der Waals surface area (Å²) in [6.45, 7) is 12.2. The molecule has 0 aliphatic carbocycles. The van der Waals surface area contributed by atoms with Crippen LogP contribution in [-0.2, 0) is 4.79 Å². The van der Waals surface area contributed by atoms with Gasteiger partial charge in [-0.25, -0.2) is 4.79 Å². The van der Waals surface area contributed by atoms with E-state index in [0.717, 1.165) is 0 Å². The van der Waals surface area contributed by atoms with E-state index < -0.39 is 11.9 Å². The van der Waals surface area contributed by atoms with Crippen LogP contribution in [-0.4, -0.2) is 41.6 Å². The number of amides is 2. The highest BCUT2D eigenvalue weighted by atomic mass is 16.4. The van der Waals surface area contributed by atoms with E-state index in [-0.39, 0.29) is 24.0 Å². The van der Waals surface area contributed by atoms with Crippen LogP contribution in [0.15, 0.2) is 0 Å². The number of hydrogen-bond donors (Lipinski definition) is 2. The van der Waals surface area contributed by atoms with Gasteiger partial charge in [-0.15, -0.1) is 0 Å². The Morgan fingerprint density at radius 3 is 2.05 bits per heavy atom. The third kappa shape index (κ3) is 6.78. The summed E-state index contributed by atoms with van der Waals surface area (Å²) in [4.78, 5) is 24.9. The van der Waals surface area contributed by atoms with Gasteiger partial charge in [0.05, 0.1) is 5.92 Å². The first-order chi connectivity index (χ1) is 8.95. The molecule has 2 N–H and O–H groups in total. The maximum absolute atomic E-state index is 12.0. The van der Waals surface area contributed by atoms with Crippen molar-refractivity contribution in [3.63, 3.8) is 0 Å². The minimum atomic E-state index is -0.861. The molecule has 0 radical (unpaired) electrons. The molecule has 118 valence electrons. The van der Waals surface area contributed by atoms with Crippen LogP contribution in [0.4, 0.5) is 4.79 Å². The maximum Gasteiger partial charge on any atom is 0.317 e. The third-order valence-corrected chi connectivity index (χ3v) is 3.60. The van der Waals surface area contributed by atoms with Crippen molar-refractivity contribution in [2.24, 2.45) is 17.3 Å². The fraction of sp³-hybridized carbons (Fsp3) is 0.867. The molecule has 2 unspecified atom stereocenters. The molecule has 0 saturated carbocycles. The summed E-state index contributed by atoms with van der Waals surface area (Å²) in [5.41, 5.74) is -0.0785. The SMILES string of the molecule is CC(C)C(C)N(C)C(=O)NCC(CC(C)(C)C)C(=O)O. The van der Waals surface area contributed by atoms with Gasteiger partial charge in [-0.1, -0.05) is 34.6 Å². The number of nitrogens with one attached hydrogen (secondary N) is 1. The quantitative estimate of drug-likeness (QED) is 0.789. The normalized spacial score (nSPS) is 14.8. The highest BCUT2D eigenvalue weighted by molar-refractivity contribution is 5.76. The highest BCUT2D eigenvalue weighted by Crippen LogP contribution is 2.24. The van der Waals surface area contributed by atoms with E-state index in [1.165, 1.54) is 0 Å². The molecule has 0 aromatic heterocycles. The molecule has 20 heavy (non-hydrogen) atoms. The Kier molecular flexibility index (Phi) is 7.03. The number of carbonyl (C=O) groups is 2. The van der Waals surface area contributed by atoms with Crippen molar-refractivity contribution in [2.45, 2.75) is 54.0 Å². The molecule has 2 atom stereocenters. The first kappa shape index (κ1) is 18.7. The number of urea groups is 1. The van der Waals surface area contributed by atoms with Crippen LogP contribution in [0.25, 0.3) is 0 Å². The zero-order valence-corrected chi connectivity index (χ0v) is 13.9. The lowest BCUT2D eigenvalue weighted by molar-refractivity contribution is -0.142. The fourth-order valence-corrected chi connectivity index (χ4v) is 1.95. The van der Waals surface area contributed by atoms with E-state index in [9.17, 15) is 14.7 Å². The van der Waals surface area contributed by atoms with Gasteiger partial charge in [0.2, 0.25) is 0 Å². The van der Waals surface area contributed by atoms with Crippen LogP contribution in [0, 0.1) is 17.3 Å². The maximum atomic E-state index is 12.0. The van der Waals surface area contributed by atoms with Crippen molar-refractivity contribution in [1.82, 2.24) is 10.2 Å². The molecule has 0 saturated heterocycles. The zero-order valence-electron chi connectivity index (χ0n) is 13.9. The summed E-state index contributed by atoms with van der Waals surface area (Å²) in [7, 11) is 1.74. The average Bonchev–Trinajstić information content (AvgIpc) is 2.30. The predicted molar refractivity (Wildman–Crippen MR) is 80.7 cm³/mol. The highest BCUT2D eigenvalue weighted by Gasteiger charge is 2.26. The summed E-state index contributed by atoms with van der Waals surface area (Å²) >= 11 is 0. The molecule has 0 rings (SSSR count). The van der Waals surface area contributed by atoms with Gasteiger partial charge in [0.25, 0.3) is 0 Å². The van der Waals surface area contributed by atoms with E-state index in [0.29, 0.717) is 12.3 Å². The van der Waals surface area contributed by atoms with Gasteiger partial charge in [-0.05, 0) is 24.7 Å². The molecule has 5 heteroatoms. The van der Waals surface area contributed by atoms with Gasteiger partial charge in [-0.3, -0.25) is 4.79 Å². The summed E-state index contributed by atoms with van der Waals surface area (Å²) in [5.74, 6) is -1.06.